The van der Waals surface area contributed by atoms with E-state index in [1.165, 1.54) is 13.2 Å². The van der Waals surface area contributed by atoms with Crippen molar-refractivity contribution in [1.82, 2.24) is 24.7 Å². The standard InChI is InChI=1S/C33H36Cl2N8O4/c1-7-26(44)39-22-10-8-9-19(2)29(22)41-32-37-17-21-13-23(27-28(34)24(46-5)14-25(47-6)33(27,3)35)40-31(30(21)42-32)36-15-20-16-38-43(18-20)11-12-45-4/h7-10,13-14,16-18,25H,1,11-12,15H2,2-6H3,(H,36,40)(H,39,44)(H,37,41,42). The average Bonchev–Trinajstić information content (AvgIpc) is 3.51. The lowest BCUT2D eigenvalue weighted by Crippen LogP contribution is -2.38. The van der Waals surface area contributed by atoms with Gasteiger partial charge in [-0.2, -0.15) is 5.10 Å². The number of aryl methyl sites for hydroxylation is 1. The van der Waals surface area contributed by atoms with Gasteiger partial charge in [0.05, 0.1) is 48.6 Å². The summed E-state index contributed by atoms with van der Waals surface area (Å²) in [6.45, 7) is 8.86. The van der Waals surface area contributed by atoms with Crippen LogP contribution in [0.3, 0.4) is 0 Å². The molecule has 1 aliphatic rings. The minimum atomic E-state index is -1.08. The molecule has 0 bridgehead atoms. The molecule has 0 saturated carbocycles. The van der Waals surface area contributed by atoms with Crippen molar-refractivity contribution in [2.75, 3.05) is 43.9 Å². The monoisotopic (exact) mass is 678 g/mol. The van der Waals surface area contributed by atoms with Crippen molar-refractivity contribution in [2.45, 2.75) is 37.9 Å². The molecule has 47 heavy (non-hydrogen) atoms. The summed E-state index contributed by atoms with van der Waals surface area (Å²) in [6.07, 6.45) is 7.82. The zero-order valence-corrected chi connectivity index (χ0v) is 28.2. The summed E-state index contributed by atoms with van der Waals surface area (Å²) in [7, 11) is 4.76. The lowest BCUT2D eigenvalue weighted by Gasteiger charge is -2.36. The maximum Gasteiger partial charge on any atom is 0.247 e. The lowest BCUT2D eigenvalue weighted by molar-refractivity contribution is -0.111. The Balaban J connectivity index is 1.60. The maximum atomic E-state index is 12.1. The fourth-order valence-corrected chi connectivity index (χ4v) is 6.06. The van der Waals surface area contributed by atoms with E-state index in [2.05, 4.69) is 32.6 Å². The normalized spacial score (nSPS) is 17.8. The van der Waals surface area contributed by atoms with E-state index >= 15 is 0 Å². The van der Waals surface area contributed by atoms with E-state index in [9.17, 15) is 4.79 Å². The molecule has 2 unspecified atom stereocenters. The second-order valence-electron chi connectivity index (χ2n) is 10.9. The SMILES string of the molecule is C=CC(=O)Nc1cccc(C)c1Nc1ncc2cc(C3=C(Cl)C(OC)=CC(OC)C3(C)Cl)nc(NCc3cnn(CCOC)c3)c2n1. The molecule has 2 atom stereocenters. The number of aromatic nitrogens is 5. The minimum Gasteiger partial charge on any atom is -0.495 e. The number of ether oxygens (including phenoxy) is 3. The molecular weight excluding hydrogens is 643 g/mol. The highest BCUT2D eigenvalue weighted by molar-refractivity contribution is 6.40. The molecule has 12 nitrogen and oxygen atoms in total. The number of pyridine rings is 1. The summed E-state index contributed by atoms with van der Waals surface area (Å²) in [5, 5.41) is 14.9. The number of allylic oxidation sites excluding steroid dienone is 1. The van der Waals surface area contributed by atoms with E-state index in [1.807, 2.05) is 42.9 Å². The van der Waals surface area contributed by atoms with Gasteiger partial charge in [-0.1, -0.05) is 30.3 Å². The number of carbonyl (C=O) groups excluding carboxylic acids is 1. The Labute approximate surface area is 282 Å². The highest BCUT2D eigenvalue weighted by atomic mass is 35.5. The Kier molecular flexibility index (Phi) is 10.5. The first kappa shape index (κ1) is 33.9. The number of methoxy groups -OCH3 is 3. The van der Waals surface area contributed by atoms with E-state index in [0.29, 0.717) is 75.8 Å². The summed E-state index contributed by atoms with van der Waals surface area (Å²) < 4.78 is 18.3. The van der Waals surface area contributed by atoms with Crippen LogP contribution in [0, 0.1) is 6.92 Å². The first-order chi connectivity index (χ1) is 22.6. The predicted molar refractivity (Wildman–Crippen MR) is 185 cm³/mol. The Bertz CT molecular complexity index is 1870. The number of halogens is 2. The van der Waals surface area contributed by atoms with Crippen LogP contribution < -0.4 is 16.0 Å². The van der Waals surface area contributed by atoms with Gasteiger partial charge in [-0.05, 0) is 43.7 Å². The second kappa shape index (κ2) is 14.5. The number of hydrogen-bond donors (Lipinski definition) is 3. The molecule has 0 fully saturated rings. The van der Waals surface area contributed by atoms with Crippen LogP contribution in [-0.4, -0.2) is 69.6 Å². The number of fused-ring (bicyclic) bond motifs is 1. The van der Waals surface area contributed by atoms with Crippen LogP contribution in [0.4, 0.5) is 23.1 Å². The molecule has 1 aromatic carbocycles. The Morgan fingerprint density at radius 1 is 1.21 bits per heavy atom. The minimum absolute atomic E-state index is 0.298. The number of para-hydroxylation sites is 1. The molecule has 0 spiro atoms. The van der Waals surface area contributed by atoms with Gasteiger partial charge in [0.25, 0.3) is 0 Å². The third-order valence-electron chi connectivity index (χ3n) is 7.68. The quantitative estimate of drug-likeness (QED) is 0.111. The van der Waals surface area contributed by atoms with E-state index in [4.69, 9.17) is 47.4 Å². The number of rotatable bonds is 13. The van der Waals surface area contributed by atoms with Gasteiger partial charge in [0, 0.05) is 49.7 Å². The van der Waals surface area contributed by atoms with Crippen molar-refractivity contribution in [3.63, 3.8) is 0 Å². The van der Waals surface area contributed by atoms with Crippen molar-refractivity contribution < 1.29 is 19.0 Å². The number of amides is 1. The van der Waals surface area contributed by atoms with Crippen LogP contribution in [0.1, 0.15) is 23.7 Å². The molecule has 3 aromatic heterocycles. The van der Waals surface area contributed by atoms with Crippen LogP contribution in [0.2, 0.25) is 0 Å². The highest BCUT2D eigenvalue weighted by Gasteiger charge is 2.43. The Hall–Kier alpha value is -4.49. The third kappa shape index (κ3) is 7.25. The van der Waals surface area contributed by atoms with Crippen LogP contribution in [-0.2, 0) is 32.1 Å². The van der Waals surface area contributed by atoms with Crippen molar-refractivity contribution >= 4 is 68.7 Å². The van der Waals surface area contributed by atoms with Crippen LogP contribution >= 0.6 is 23.2 Å². The van der Waals surface area contributed by atoms with Gasteiger partial charge in [-0.15, -0.1) is 11.6 Å². The van der Waals surface area contributed by atoms with Crippen LogP contribution in [0.25, 0.3) is 16.5 Å². The van der Waals surface area contributed by atoms with E-state index in [-0.39, 0.29) is 5.91 Å². The molecule has 5 rings (SSSR count). The van der Waals surface area contributed by atoms with Crippen molar-refractivity contribution in [3.05, 3.63) is 89.2 Å². The molecule has 1 amide bonds. The van der Waals surface area contributed by atoms with Crippen LogP contribution in [0.15, 0.2) is 72.4 Å². The Morgan fingerprint density at radius 3 is 2.74 bits per heavy atom. The topological polar surface area (TPSA) is 137 Å². The summed E-state index contributed by atoms with van der Waals surface area (Å²) >= 11 is 14.0. The lowest BCUT2D eigenvalue weighted by atomic mass is 9.86. The van der Waals surface area contributed by atoms with E-state index < -0.39 is 11.0 Å². The van der Waals surface area contributed by atoms with Crippen molar-refractivity contribution in [1.29, 1.82) is 0 Å². The van der Waals surface area contributed by atoms with Gasteiger partial charge in [0.15, 0.2) is 5.82 Å². The molecule has 3 N–H and O–H groups in total. The smallest absolute Gasteiger partial charge is 0.247 e. The molecule has 4 aromatic rings. The maximum absolute atomic E-state index is 12.1. The van der Waals surface area contributed by atoms with Gasteiger partial charge >= 0.3 is 0 Å². The summed E-state index contributed by atoms with van der Waals surface area (Å²) in [6, 6.07) is 7.38. The van der Waals surface area contributed by atoms with E-state index in [0.717, 1.165) is 11.1 Å². The Morgan fingerprint density at radius 2 is 2.02 bits per heavy atom. The molecule has 14 heteroatoms. The largest absolute Gasteiger partial charge is 0.495 e. The first-order valence-electron chi connectivity index (χ1n) is 14.7. The number of hydrogen-bond acceptors (Lipinski definition) is 10. The molecule has 0 saturated heterocycles. The van der Waals surface area contributed by atoms with Gasteiger partial charge in [-0.3, -0.25) is 9.48 Å². The third-order valence-corrected chi connectivity index (χ3v) is 8.46. The highest BCUT2D eigenvalue weighted by Crippen LogP contribution is 2.47. The molecular formula is C33H36Cl2N8O4. The fraction of sp³-hybridized carbons (Fsp3) is 0.303. The zero-order valence-electron chi connectivity index (χ0n) is 26.7. The second-order valence-corrected chi connectivity index (χ2v) is 12.1. The summed E-state index contributed by atoms with van der Waals surface area (Å²) in [5.74, 6) is 0.854. The van der Waals surface area contributed by atoms with Gasteiger partial charge in [0.2, 0.25) is 11.9 Å². The number of nitrogens with one attached hydrogen (secondary N) is 3. The average molecular weight is 680 g/mol. The number of nitrogens with zero attached hydrogens (tertiary/aromatic N) is 5. The summed E-state index contributed by atoms with van der Waals surface area (Å²) in [5.41, 5.74) is 4.59. The van der Waals surface area contributed by atoms with E-state index in [1.54, 1.807) is 38.8 Å². The molecule has 0 radical (unpaired) electrons. The zero-order chi connectivity index (χ0) is 33.7. The van der Waals surface area contributed by atoms with Crippen molar-refractivity contribution in [3.8, 4) is 0 Å². The summed E-state index contributed by atoms with van der Waals surface area (Å²) in [4.78, 5) is 25.5. The predicted octanol–water partition coefficient (Wildman–Crippen LogP) is 6.16. The first-order valence-corrected chi connectivity index (χ1v) is 15.5. The van der Waals surface area contributed by atoms with Gasteiger partial charge in [0.1, 0.15) is 22.3 Å². The van der Waals surface area contributed by atoms with Crippen LogP contribution in [0.5, 0.6) is 0 Å². The molecule has 246 valence electrons. The number of benzene rings is 1. The van der Waals surface area contributed by atoms with Gasteiger partial charge < -0.3 is 30.2 Å². The number of carbonyl (C=O) groups is 1. The molecule has 0 aliphatic heterocycles. The molecule has 3 heterocycles. The van der Waals surface area contributed by atoms with Crippen molar-refractivity contribution in [2.24, 2.45) is 0 Å². The molecule has 1 aliphatic carbocycles. The number of anilines is 4. The fourth-order valence-electron chi connectivity index (χ4n) is 5.23. The number of alkyl halides is 1. The van der Waals surface area contributed by atoms with Gasteiger partial charge in [-0.25, -0.2) is 15.0 Å².